The van der Waals surface area contributed by atoms with E-state index < -0.39 is 0 Å². The lowest BCUT2D eigenvalue weighted by molar-refractivity contribution is -0.133. The minimum Gasteiger partial charge on any atom is -0.340 e. The Hall–Kier alpha value is -3.13. The smallest absolute Gasteiger partial charge is 0.222 e. The van der Waals surface area contributed by atoms with Gasteiger partial charge in [-0.1, -0.05) is 90.1 Å². The van der Waals surface area contributed by atoms with Crippen LogP contribution in [-0.4, -0.2) is 62.4 Å². The number of carbonyl (C=O) groups is 1. The van der Waals surface area contributed by atoms with E-state index in [-0.39, 0.29) is 11.9 Å². The highest BCUT2D eigenvalue weighted by Crippen LogP contribution is 2.30. The summed E-state index contributed by atoms with van der Waals surface area (Å²) < 4.78 is 2.01. The summed E-state index contributed by atoms with van der Waals surface area (Å²) in [5.41, 5.74) is 3.52. The minimum absolute atomic E-state index is 0.200. The molecule has 3 aromatic carbocycles. The van der Waals surface area contributed by atoms with Crippen molar-refractivity contribution in [2.75, 3.05) is 31.9 Å². The van der Waals surface area contributed by atoms with Crippen LogP contribution in [0.3, 0.4) is 0 Å². The number of thioether (sulfide) groups is 1. The molecule has 0 N–H and O–H groups in total. The molecule has 1 fully saturated rings. The number of aromatic nitrogens is 3. The Kier molecular flexibility index (Phi) is 8.79. The standard InChI is InChI=1S/C30H32ClN5OS/c1-23-32-33-30(36(23)27-15-8-14-26(31)22-27)38-21-9-16-28(37)34-17-19-35(20-18-34)29(24-10-4-2-5-11-24)25-12-6-3-7-13-25/h2-8,10-15,22,29H,9,16-21H2,1H3. The van der Waals surface area contributed by atoms with Crippen molar-refractivity contribution in [1.82, 2.24) is 24.6 Å². The van der Waals surface area contributed by atoms with E-state index in [1.165, 1.54) is 11.1 Å². The zero-order valence-corrected chi connectivity index (χ0v) is 23.1. The molecule has 0 saturated carbocycles. The first-order valence-corrected chi connectivity index (χ1v) is 14.4. The normalized spacial score (nSPS) is 14.2. The zero-order chi connectivity index (χ0) is 26.3. The molecule has 0 spiro atoms. The van der Waals surface area contributed by atoms with Crippen LogP contribution in [0.5, 0.6) is 0 Å². The van der Waals surface area contributed by atoms with Gasteiger partial charge in [-0.3, -0.25) is 14.3 Å². The fraction of sp³-hybridized carbons (Fsp3) is 0.300. The van der Waals surface area contributed by atoms with Crippen LogP contribution in [0, 0.1) is 6.92 Å². The molecule has 0 aliphatic carbocycles. The summed E-state index contributed by atoms with van der Waals surface area (Å²) in [4.78, 5) is 17.5. The van der Waals surface area contributed by atoms with Gasteiger partial charge >= 0.3 is 0 Å². The Labute approximate surface area is 233 Å². The van der Waals surface area contributed by atoms with Crippen molar-refractivity contribution in [2.24, 2.45) is 0 Å². The Morgan fingerprint density at radius 1 is 0.895 bits per heavy atom. The number of benzene rings is 3. The van der Waals surface area contributed by atoms with Gasteiger partial charge in [0.25, 0.3) is 0 Å². The second kappa shape index (κ2) is 12.6. The number of piperazine rings is 1. The van der Waals surface area contributed by atoms with E-state index in [1.807, 2.05) is 40.7 Å². The molecule has 5 rings (SSSR count). The molecule has 0 unspecified atom stereocenters. The average molecular weight is 546 g/mol. The lowest BCUT2D eigenvalue weighted by Crippen LogP contribution is -2.49. The van der Waals surface area contributed by atoms with Gasteiger partial charge < -0.3 is 4.90 Å². The zero-order valence-electron chi connectivity index (χ0n) is 21.5. The van der Waals surface area contributed by atoms with Crippen molar-refractivity contribution in [1.29, 1.82) is 0 Å². The van der Waals surface area contributed by atoms with Gasteiger partial charge in [-0.2, -0.15) is 0 Å². The molecule has 0 radical (unpaired) electrons. The first-order chi connectivity index (χ1) is 18.6. The lowest BCUT2D eigenvalue weighted by atomic mass is 9.96. The molecule has 2 heterocycles. The van der Waals surface area contributed by atoms with Crippen LogP contribution in [0.25, 0.3) is 5.69 Å². The maximum absolute atomic E-state index is 13.0. The summed E-state index contributed by atoms with van der Waals surface area (Å²) in [5, 5.41) is 10.1. The van der Waals surface area contributed by atoms with Crippen molar-refractivity contribution >= 4 is 29.3 Å². The SMILES string of the molecule is Cc1nnc(SCCCC(=O)N2CCN(C(c3ccccc3)c3ccccc3)CC2)n1-c1cccc(Cl)c1. The first kappa shape index (κ1) is 26.5. The Balaban J connectivity index is 1.13. The van der Waals surface area contributed by atoms with Gasteiger partial charge in [0.05, 0.1) is 11.7 Å². The number of rotatable bonds is 9. The molecule has 0 atom stereocenters. The third-order valence-electron chi connectivity index (χ3n) is 6.89. The highest BCUT2D eigenvalue weighted by Gasteiger charge is 2.28. The van der Waals surface area contributed by atoms with Crippen LogP contribution in [0.15, 0.2) is 90.1 Å². The quantitative estimate of drug-likeness (QED) is 0.190. The molecule has 8 heteroatoms. The number of halogens is 1. The second-order valence-corrected chi connectivity index (χ2v) is 10.9. The second-order valence-electron chi connectivity index (χ2n) is 9.44. The molecule has 196 valence electrons. The van der Waals surface area contributed by atoms with Gasteiger partial charge in [0.1, 0.15) is 5.82 Å². The Bertz CT molecular complexity index is 1300. The van der Waals surface area contributed by atoms with E-state index in [1.54, 1.807) is 11.8 Å². The maximum atomic E-state index is 13.0. The largest absolute Gasteiger partial charge is 0.340 e. The van der Waals surface area contributed by atoms with E-state index in [4.69, 9.17) is 11.6 Å². The number of amides is 1. The highest BCUT2D eigenvalue weighted by molar-refractivity contribution is 7.99. The molecule has 4 aromatic rings. The lowest BCUT2D eigenvalue weighted by Gasteiger charge is -2.40. The number of hydrogen-bond donors (Lipinski definition) is 0. The van der Waals surface area contributed by atoms with Gasteiger partial charge in [-0.05, 0) is 42.7 Å². The maximum Gasteiger partial charge on any atom is 0.222 e. The molecule has 1 aliphatic heterocycles. The summed E-state index contributed by atoms with van der Waals surface area (Å²) in [6, 6.07) is 29.2. The van der Waals surface area contributed by atoms with Crippen LogP contribution >= 0.6 is 23.4 Å². The fourth-order valence-corrected chi connectivity index (χ4v) is 6.13. The highest BCUT2D eigenvalue weighted by atomic mass is 35.5. The van der Waals surface area contributed by atoms with Crippen molar-refractivity contribution in [3.8, 4) is 5.69 Å². The third kappa shape index (κ3) is 6.29. The number of aryl methyl sites for hydroxylation is 1. The summed E-state index contributed by atoms with van der Waals surface area (Å²) in [6.07, 6.45) is 1.33. The topological polar surface area (TPSA) is 54.3 Å². The molecule has 1 saturated heterocycles. The minimum atomic E-state index is 0.200. The summed E-state index contributed by atoms with van der Waals surface area (Å²) in [5.74, 6) is 1.84. The van der Waals surface area contributed by atoms with E-state index in [0.717, 1.165) is 55.0 Å². The number of carbonyl (C=O) groups excluding carboxylic acids is 1. The molecular weight excluding hydrogens is 514 g/mol. The van der Waals surface area contributed by atoms with Crippen molar-refractivity contribution in [2.45, 2.75) is 31.0 Å². The third-order valence-corrected chi connectivity index (χ3v) is 8.14. The molecule has 1 aliphatic rings. The van der Waals surface area contributed by atoms with Gasteiger partial charge in [-0.15, -0.1) is 10.2 Å². The summed E-state index contributed by atoms with van der Waals surface area (Å²) >= 11 is 7.81. The van der Waals surface area contributed by atoms with E-state index in [9.17, 15) is 4.79 Å². The van der Waals surface area contributed by atoms with Gasteiger partial charge in [0.15, 0.2) is 5.16 Å². The fourth-order valence-electron chi connectivity index (χ4n) is 5.01. The van der Waals surface area contributed by atoms with Gasteiger partial charge in [-0.25, -0.2) is 0 Å². The molecular formula is C30H32ClN5OS. The van der Waals surface area contributed by atoms with Crippen molar-refractivity contribution < 1.29 is 4.79 Å². The van der Waals surface area contributed by atoms with Gasteiger partial charge in [0.2, 0.25) is 5.91 Å². The van der Waals surface area contributed by atoms with Crippen LogP contribution in [0.1, 0.15) is 35.8 Å². The van der Waals surface area contributed by atoms with E-state index >= 15 is 0 Å². The number of nitrogens with zero attached hydrogens (tertiary/aromatic N) is 5. The Morgan fingerprint density at radius 3 is 2.18 bits per heavy atom. The van der Waals surface area contributed by atoms with Crippen molar-refractivity contribution in [3.05, 3.63) is 107 Å². The van der Waals surface area contributed by atoms with Gasteiger partial charge in [0, 0.05) is 43.4 Å². The van der Waals surface area contributed by atoms with E-state index in [2.05, 4.69) is 75.8 Å². The molecule has 0 bridgehead atoms. The first-order valence-electron chi connectivity index (χ1n) is 13.0. The van der Waals surface area contributed by atoms with Crippen molar-refractivity contribution in [3.63, 3.8) is 0 Å². The Morgan fingerprint density at radius 2 is 1.55 bits per heavy atom. The molecule has 6 nitrogen and oxygen atoms in total. The monoisotopic (exact) mass is 545 g/mol. The van der Waals surface area contributed by atoms with Crippen LogP contribution < -0.4 is 0 Å². The molecule has 38 heavy (non-hydrogen) atoms. The average Bonchev–Trinajstić information content (AvgIpc) is 3.32. The predicted octanol–water partition coefficient (Wildman–Crippen LogP) is 6.04. The van der Waals surface area contributed by atoms with Crippen LogP contribution in [0.4, 0.5) is 0 Å². The molecule has 1 amide bonds. The number of hydrogen-bond acceptors (Lipinski definition) is 5. The van der Waals surface area contributed by atoms with E-state index in [0.29, 0.717) is 11.4 Å². The van der Waals surface area contributed by atoms with Crippen LogP contribution in [-0.2, 0) is 4.79 Å². The summed E-state index contributed by atoms with van der Waals surface area (Å²) in [6.45, 7) is 5.16. The predicted molar refractivity (Wildman–Crippen MR) is 154 cm³/mol. The van der Waals surface area contributed by atoms with Crippen LogP contribution in [0.2, 0.25) is 5.02 Å². The summed E-state index contributed by atoms with van der Waals surface area (Å²) in [7, 11) is 0. The molecule has 1 aromatic heterocycles.